The molecule has 0 atom stereocenters. The van der Waals surface area contributed by atoms with Crippen molar-refractivity contribution in [2.24, 2.45) is 0 Å². The Labute approximate surface area is 203 Å². The number of benzene rings is 3. The minimum Gasteiger partial charge on any atom is -0.478 e. The molecule has 0 saturated carbocycles. The summed E-state index contributed by atoms with van der Waals surface area (Å²) in [6.07, 6.45) is 4.91. The van der Waals surface area contributed by atoms with Gasteiger partial charge in [-0.1, -0.05) is 73.7 Å². The van der Waals surface area contributed by atoms with Crippen molar-refractivity contribution in [1.29, 1.82) is 0 Å². The topological polar surface area (TPSA) is 76.7 Å². The SMILES string of the molecule is CC/C(=C(/c1ccc(/C=C/C(=O)O)cc1)c1ccc(OC(=O)c2ccco2)cc1)c1ccccc1. The molecule has 0 saturated heterocycles. The van der Waals surface area contributed by atoms with E-state index >= 15 is 0 Å². The van der Waals surface area contributed by atoms with Gasteiger partial charge in [-0.2, -0.15) is 0 Å². The Morgan fingerprint density at radius 1 is 0.829 bits per heavy atom. The Morgan fingerprint density at radius 2 is 1.49 bits per heavy atom. The van der Waals surface area contributed by atoms with E-state index < -0.39 is 11.9 Å². The van der Waals surface area contributed by atoms with Gasteiger partial charge >= 0.3 is 11.9 Å². The third-order valence-corrected chi connectivity index (χ3v) is 5.47. The third kappa shape index (κ3) is 5.84. The van der Waals surface area contributed by atoms with Gasteiger partial charge in [0.2, 0.25) is 5.76 Å². The Morgan fingerprint density at radius 3 is 2.06 bits per heavy atom. The van der Waals surface area contributed by atoms with Crippen LogP contribution in [0.1, 0.15) is 46.2 Å². The van der Waals surface area contributed by atoms with Gasteiger partial charge in [0.1, 0.15) is 5.75 Å². The number of allylic oxidation sites excluding steroid dienone is 1. The van der Waals surface area contributed by atoms with Gasteiger partial charge in [-0.15, -0.1) is 0 Å². The van der Waals surface area contributed by atoms with Crippen LogP contribution in [0.3, 0.4) is 0 Å². The number of carboxylic acid groups (broad SMARTS) is 1. The number of hydrogen-bond donors (Lipinski definition) is 1. The number of rotatable bonds is 8. The molecule has 0 fully saturated rings. The normalized spacial score (nSPS) is 11.8. The van der Waals surface area contributed by atoms with E-state index in [4.69, 9.17) is 14.3 Å². The predicted octanol–water partition coefficient (Wildman–Crippen LogP) is 6.97. The highest BCUT2D eigenvalue weighted by Gasteiger charge is 2.15. The molecule has 0 radical (unpaired) electrons. The number of esters is 1. The summed E-state index contributed by atoms with van der Waals surface area (Å²) in [6.45, 7) is 2.12. The summed E-state index contributed by atoms with van der Waals surface area (Å²) in [5, 5.41) is 8.90. The van der Waals surface area contributed by atoms with Crippen LogP contribution in [0.2, 0.25) is 0 Å². The Kier molecular flexibility index (Phi) is 7.38. The van der Waals surface area contributed by atoms with Gasteiger partial charge in [-0.3, -0.25) is 0 Å². The average Bonchev–Trinajstić information content (AvgIpc) is 3.43. The van der Waals surface area contributed by atoms with Gasteiger partial charge in [0.15, 0.2) is 0 Å². The van der Waals surface area contributed by atoms with Crippen molar-refractivity contribution >= 4 is 29.2 Å². The lowest BCUT2D eigenvalue weighted by Crippen LogP contribution is -2.07. The molecule has 174 valence electrons. The number of carbonyl (C=O) groups excluding carboxylic acids is 1. The zero-order valence-electron chi connectivity index (χ0n) is 19.2. The van der Waals surface area contributed by atoms with Crippen LogP contribution in [-0.4, -0.2) is 17.0 Å². The van der Waals surface area contributed by atoms with Gasteiger partial charge < -0.3 is 14.3 Å². The van der Waals surface area contributed by atoms with Crippen molar-refractivity contribution in [3.63, 3.8) is 0 Å². The lowest BCUT2D eigenvalue weighted by Gasteiger charge is -2.17. The van der Waals surface area contributed by atoms with Gasteiger partial charge in [-0.05, 0) is 70.2 Å². The van der Waals surface area contributed by atoms with Crippen LogP contribution >= 0.6 is 0 Å². The standard InChI is InChI=1S/C30H24O5/c1-2-26(22-7-4-3-5-8-22)29(23-13-10-21(11-14-23)12-19-28(31)32)24-15-17-25(18-16-24)35-30(33)27-9-6-20-34-27/h3-20H,2H2,1H3,(H,31,32)/b19-12+,29-26+. The Hall–Kier alpha value is -4.64. The number of carboxylic acids is 1. The minimum atomic E-state index is -0.986. The van der Waals surface area contributed by atoms with Crippen molar-refractivity contribution in [2.45, 2.75) is 13.3 Å². The van der Waals surface area contributed by atoms with Gasteiger partial charge in [-0.25, -0.2) is 9.59 Å². The van der Waals surface area contributed by atoms with Gasteiger partial charge in [0.05, 0.1) is 6.26 Å². The van der Waals surface area contributed by atoms with Crippen LogP contribution in [0.25, 0.3) is 17.2 Å². The second-order valence-electron chi connectivity index (χ2n) is 7.76. The highest BCUT2D eigenvalue weighted by molar-refractivity contribution is 5.99. The first-order chi connectivity index (χ1) is 17.0. The predicted molar refractivity (Wildman–Crippen MR) is 136 cm³/mol. The molecule has 1 aromatic heterocycles. The molecule has 0 spiro atoms. The summed E-state index contributed by atoms with van der Waals surface area (Å²) in [5.74, 6) is -0.979. The van der Waals surface area contributed by atoms with E-state index in [9.17, 15) is 9.59 Å². The van der Waals surface area contributed by atoms with Gasteiger partial charge in [0.25, 0.3) is 0 Å². The van der Waals surface area contributed by atoms with Gasteiger partial charge in [0, 0.05) is 6.08 Å². The Bertz CT molecular complexity index is 1340. The second kappa shape index (κ2) is 11.0. The molecule has 4 aromatic rings. The average molecular weight is 465 g/mol. The number of hydrogen-bond acceptors (Lipinski definition) is 4. The molecule has 0 aliphatic carbocycles. The maximum atomic E-state index is 12.2. The van der Waals surface area contributed by atoms with Crippen LogP contribution in [0.15, 0.2) is 108 Å². The molecular weight excluding hydrogens is 440 g/mol. The minimum absolute atomic E-state index is 0.143. The molecule has 0 unspecified atom stereocenters. The van der Waals surface area contributed by atoms with E-state index in [0.29, 0.717) is 5.75 Å². The summed E-state index contributed by atoms with van der Waals surface area (Å²) < 4.78 is 10.5. The van der Waals surface area contributed by atoms with E-state index in [1.165, 1.54) is 11.8 Å². The summed E-state index contributed by atoms with van der Waals surface area (Å²) in [4.78, 5) is 23.1. The second-order valence-corrected chi connectivity index (χ2v) is 7.76. The zero-order chi connectivity index (χ0) is 24.6. The fourth-order valence-electron chi connectivity index (χ4n) is 3.85. The highest BCUT2D eigenvalue weighted by Crippen LogP contribution is 2.35. The van der Waals surface area contributed by atoms with Crippen molar-refractivity contribution in [3.8, 4) is 5.75 Å². The summed E-state index contributed by atoms with van der Waals surface area (Å²) in [7, 11) is 0. The number of ether oxygens (including phenoxy) is 1. The van der Waals surface area contributed by atoms with Crippen LogP contribution in [-0.2, 0) is 4.79 Å². The molecule has 1 N–H and O–H groups in total. The summed E-state index contributed by atoms with van der Waals surface area (Å²) >= 11 is 0. The van der Waals surface area contributed by atoms with Crippen LogP contribution in [0.5, 0.6) is 5.75 Å². The third-order valence-electron chi connectivity index (χ3n) is 5.47. The highest BCUT2D eigenvalue weighted by atomic mass is 16.5. The van der Waals surface area contributed by atoms with Crippen molar-refractivity contribution in [3.05, 3.63) is 131 Å². The fraction of sp³-hybridized carbons (Fsp3) is 0.0667. The largest absolute Gasteiger partial charge is 0.478 e. The van der Waals surface area contributed by atoms with Crippen molar-refractivity contribution in [2.75, 3.05) is 0 Å². The van der Waals surface area contributed by atoms with Crippen LogP contribution in [0, 0.1) is 0 Å². The summed E-state index contributed by atoms with van der Waals surface area (Å²) in [6, 6.07) is 28.5. The van der Waals surface area contributed by atoms with E-state index in [2.05, 4.69) is 19.1 Å². The van der Waals surface area contributed by atoms with Crippen molar-refractivity contribution < 1.29 is 23.8 Å². The number of aliphatic carboxylic acids is 1. The summed E-state index contributed by atoms with van der Waals surface area (Å²) in [5.41, 5.74) is 6.11. The first-order valence-electron chi connectivity index (χ1n) is 11.2. The molecule has 5 heteroatoms. The zero-order valence-corrected chi connectivity index (χ0v) is 19.2. The quantitative estimate of drug-likeness (QED) is 0.132. The molecule has 0 aliphatic heterocycles. The smallest absolute Gasteiger partial charge is 0.379 e. The first kappa shape index (κ1) is 23.5. The van der Waals surface area contributed by atoms with E-state index in [1.54, 1.807) is 30.3 Å². The molecular formula is C30H24O5. The lowest BCUT2D eigenvalue weighted by molar-refractivity contribution is -0.131. The molecule has 1 heterocycles. The maximum absolute atomic E-state index is 12.2. The molecule has 3 aromatic carbocycles. The number of carbonyl (C=O) groups is 2. The van der Waals surface area contributed by atoms with E-state index in [0.717, 1.165) is 40.3 Å². The molecule has 0 aliphatic rings. The molecule has 5 nitrogen and oxygen atoms in total. The lowest BCUT2D eigenvalue weighted by atomic mass is 9.88. The van der Waals surface area contributed by atoms with Crippen molar-refractivity contribution in [1.82, 2.24) is 0 Å². The fourth-order valence-corrected chi connectivity index (χ4v) is 3.85. The molecule has 35 heavy (non-hydrogen) atoms. The molecule has 4 rings (SSSR count). The van der Waals surface area contributed by atoms with Crippen LogP contribution in [0.4, 0.5) is 0 Å². The van der Waals surface area contributed by atoms with E-state index in [1.807, 2.05) is 54.6 Å². The van der Waals surface area contributed by atoms with E-state index in [-0.39, 0.29) is 5.76 Å². The first-order valence-corrected chi connectivity index (χ1v) is 11.2. The van der Waals surface area contributed by atoms with Crippen LogP contribution < -0.4 is 4.74 Å². The monoisotopic (exact) mass is 464 g/mol. The number of furan rings is 1. The molecule has 0 amide bonds. The molecule has 0 bridgehead atoms. The maximum Gasteiger partial charge on any atom is 0.379 e. The Balaban J connectivity index is 1.73.